The van der Waals surface area contributed by atoms with Crippen molar-refractivity contribution in [2.75, 3.05) is 25.1 Å². The average molecular weight is 442 g/mol. The summed E-state index contributed by atoms with van der Waals surface area (Å²) in [6.07, 6.45) is 0. The third-order valence-corrected chi connectivity index (χ3v) is 6.10. The van der Waals surface area contributed by atoms with E-state index in [9.17, 15) is 13.2 Å². The molecule has 0 fully saturated rings. The zero-order valence-corrected chi connectivity index (χ0v) is 17.3. The van der Waals surface area contributed by atoms with Crippen molar-refractivity contribution in [3.05, 3.63) is 52.0 Å². The van der Waals surface area contributed by atoms with Crippen LogP contribution >= 0.6 is 15.9 Å². The molecule has 0 spiro atoms. The van der Waals surface area contributed by atoms with Gasteiger partial charge < -0.3 is 9.47 Å². The molecule has 0 bridgehead atoms. The maximum absolute atomic E-state index is 13.2. The number of sulfonamides is 1. The minimum absolute atomic E-state index is 0.0354. The number of aryl methyl sites for hydroxylation is 2. The number of carbonyl (C=O) groups excluding carboxylic acids is 1. The number of methoxy groups -OCH3 is 2. The highest BCUT2D eigenvalue weighted by Gasteiger charge is 2.28. The topological polar surface area (TPSA) is 72.9 Å². The number of nitrogens with zero attached hydrogens (tertiary/aromatic N) is 1. The molecule has 2 rings (SSSR count). The van der Waals surface area contributed by atoms with Gasteiger partial charge in [0.25, 0.3) is 10.0 Å². The van der Waals surface area contributed by atoms with Gasteiger partial charge in [-0.3, -0.25) is 9.10 Å². The number of rotatable bonds is 6. The molecular formula is C18H20BrNO5S. The highest BCUT2D eigenvalue weighted by atomic mass is 79.9. The van der Waals surface area contributed by atoms with E-state index >= 15 is 0 Å². The summed E-state index contributed by atoms with van der Waals surface area (Å²) in [5.74, 6) is -0.143. The van der Waals surface area contributed by atoms with Crippen LogP contribution in [0.4, 0.5) is 5.69 Å². The summed E-state index contributed by atoms with van der Waals surface area (Å²) < 4.78 is 37.8. The smallest absolute Gasteiger partial charge is 0.326 e. The molecule has 2 aromatic rings. The Kier molecular flexibility index (Phi) is 6.30. The number of esters is 1. The maximum Gasteiger partial charge on any atom is 0.326 e. The second-order valence-corrected chi connectivity index (χ2v) is 8.45. The van der Waals surface area contributed by atoms with E-state index in [-0.39, 0.29) is 4.90 Å². The first-order chi connectivity index (χ1) is 12.2. The van der Waals surface area contributed by atoms with Crippen molar-refractivity contribution in [2.45, 2.75) is 18.7 Å². The molecule has 2 aromatic carbocycles. The second-order valence-electron chi connectivity index (χ2n) is 5.73. The standard InChI is InChI=1S/C18H20BrNO5S/c1-12-7-13(2)9-14(8-12)20(11-18(21)25-4)26(22,23)15-5-6-17(24-3)16(19)10-15/h5-10H,11H2,1-4H3. The quantitative estimate of drug-likeness (QED) is 0.641. The van der Waals surface area contributed by atoms with E-state index in [4.69, 9.17) is 4.74 Å². The Labute approximate surface area is 161 Å². The van der Waals surface area contributed by atoms with Crippen LogP contribution in [0.25, 0.3) is 0 Å². The molecule has 26 heavy (non-hydrogen) atoms. The van der Waals surface area contributed by atoms with Gasteiger partial charge in [-0.2, -0.15) is 0 Å². The highest BCUT2D eigenvalue weighted by molar-refractivity contribution is 9.10. The van der Waals surface area contributed by atoms with Gasteiger partial charge in [0, 0.05) is 0 Å². The fourth-order valence-electron chi connectivity index (χ4n) is 2.53. The first-order valence-electron chi connectivity index (χ1n) is 7.70. The average Bonchev–Trinajstić information content (AvgIpc) is 2.58. The Morgan fingerprint density at radius 3 is 2.19 bits per heavy atom. The summed E-state index contributed by atoms with van der Waals surface area (Å²) in [6.45, 7) is 3.30. The molecule has 6 nitrogen and oxygen atoms in total. The molecule has 0 aliphatic carbocycles. The highest BCUT2D eigenvalue weighted by Crippen LogP contribution is 2.31. The van der Waals surface area contributed by atoms with Crippen LogP contribution in [-0.2, 0) is 19.6 Å². The maximum atomic E-state index is 13.2. The predicted molar refractivity (Wildman–Crippen MR) is 103 cm³/mol. The third-order valence-electron chi connectivity index (χ3n) is 3.71. The van der Waals surface area contributed by atoms with Crippen LogP contribution in [0, 0.1) is 13.8 Å². The minimum atomic E-state index is -3.99. The molecule has 0 saturated carbocycles. The summed E-state index contributed by atoms with van der Waals surface area (Å²) >= 11 is 3.29. The Morgan fingerprint density at radius 2 is 1.69 bits per heavy atom. The molecule has 0 aliphatic heterocycles. The third kappa shape index (κ3) is 4.37. The van der Waals surface area contributed by atoms with Crippen LogP contribution in [0.2, 0.25) is 0 Å². The number of ether oxygens (including phenoxy) is 2. The van der Waals surface area contributed by atoms with Gasteiger partial charge in [-0.1, -0.05) is 6.07 Å². The van der Waals surface area contributed by atoms with Crippen molar-refractivity contribution in [3.8, 4) is 5.75 Å². The number of hydrogen-bond donors (Lipinski definition) is 0. The molecule has 0 atom stereocenters. The van der Waals surface area contributed by atoms with E-state index in [0.717, 1.165) is 15.4 Å². The van der Waals surface area contributed by atoms with Gasteiger partial charge in [0.05, 0.1) is 29.3 Å². The van der Waals surface area contributed by atoms with Crippen molar-refractivity contribution >= 4 is 37.6 Å². The predicted octanol–water partition coefficient (Wildman–Crippen LogP) is 3.44. The van der Waals surface area contributed by atoms with Crippen LogP contribution in [-0.4, -0.2) is 35.2 Å². The lowest BCUT2D eigenvalue weighted by Crippen LogP contribution is -2.36. The molecule has 0 aliphatic rings. The van der Waals surface area contributed by atoms with Crippen molar-refractivity contribution in [1.29, 1.82) is 0 Å². The van der Waals surface area contributed by atoms with Crippen LogP contribution in [0.3, 0.4) is 0 Å². The largest absolute Gasteiger partial charge is 0.496 e. The van der Waals surface area contributed by atoms with Gasteiger partial charge >= 0.3 is 5.97 Å². The summed E-state index contributed by atoms with van der Waals surface area (Å²) in [5.41, 5.74) is 2.18. The molecular weight excluding hydrogens is 422 g/mol. The summed E-state index contributed by atoms with van der Waals surface area (Å²) in [5, 5.41) is 0. The van der Waals surface area contributed by atoms with Crippen molar-refractivity contribution in [2.24, 2.45) is 0 Å². The van der Waals surface area contributed by atoms with Crippen LogP contribution in [0.15, 0.2) is 45.8 Å². The Morgan fingerprint density at radius 1 is 1.08 bits per heavy atom. The number of hydrogen-bond acceptors (Lipinski definition) is 5. The van der Waals surface area contributed by atoms with E-state index in [2.05, 4.69) is 20.7 Å². The lowest BCUT2D eigenvalue weighted by molar-refractivity contribution is -0.138. The van der Waals surface area contributed by atoms with Crippen LogP contribution in [0.1, 0.15) is 11.1 Å². The lowest BCUT2D eigenvalue weighted by atomic mass is 10.1. The second kappa shape index (κ2) is 8.09. The van der Waals surface area contributed by atoms with E-state index in [1.807, 2.05) is 19.9 Å². The zero-order valence-electron chi connectivity index (χ0n) is 14.9. The Balaban J connectivity index is 2.59. The molecule has 8 heteroatoms. The fourth-order valence-corrected chi connectivity index (χ4v) is 4.64. The summed E-state index contributed by atoms with van der Waals surface area (Å²) in [7, 11) is -1.28. The van der Waals surface area contributed by atoms with E-state index in [1.165, 1.54) is 26.4 Å². The SMILES string of the molecule is COC(=O)CN(c1cc(C)cc(C)c1)S(=O)(=O)c1ccc(OC)c(Br)c1. The van der Waals surface area contributed by atoms with E-state index < -0.39 is 22.5 Å². The van der Waals surface area contributed by atoms with E-state index in [1.54, 1.807) is 18.2 Å². The van der Waals surface area contributed by atoms with Gasteiger partial charge in [-0.05, 0) is 71.2 Å². The van der Waals surface area contributed by atoms with Crippen LogP contribution < -0.4 is 9.04 Å². The Bertz CT molecular complexity index is 907. The lowest BCUT2D eigenvalue weighted by Gasteiger charge is -2.24. The van der Waals surface area contributed by atoms with Crippen molar-refractivity contribution in [1.82, 2.24) is 0 Å². The van der Waals surface area contributed by atoms with Crippen molar-refractivity contribution in [3.63, 3.8) is 0 Å². The van der Waals surface area contributed by atoms with E-state index in [0.29, 0.717) is 15.9 Å². The summed E-state index contributed by atoms with van der Waals surface area (Å²) in [6, 6.07) is 9.79. The van der Waals surface area contributed by atoms with Gasteiger partial charge in [-0.25, -0.2) is 8.42 Å². The van der Waals surface area contributed by atoms with Crippen LogP contribution in [0.5, 0.6) is 5.75 Å². The van der Waals surface area contributed by atoms with Gasteiger partial charge in [0.1, 0.15) is 12.3 Å². The van der Waals surface area contributed by atoms with Gasteiger partial charge in [-0.15, -0.1) is 0 Å². The molecule has 0 aromatic heterocycles. The molecule has 0 amide bonds. The minimum Gasteiger partial charge on any atom is -0.496 e. The monoisotopic (exact) mass is 441 g/mol. The zero-order chi connectivity index (χ0) is 19.5. The number of benzene rings is 2. The number of halogens is 1. The first kappa shape index (κ1) is 20.3. The molecule has 0 unspecified atom stereocenters. The number of anilines is 1. The van der Waals surface area contributed by atoms with Gasteiger partial charge in [0.15, 0.2) is 0 Å². The molecule has 140 valence electrons. The van der Waals surface area contributed by atoms with Crippen molar-refractivity contribution < 1.29 is 22.7 Å². The molecule has 0 heterocycles. The normalized spacial score (nSPS) is 11.1. The van der Waals surface area contributed by atoms with Gasteiger partial charge in [0.2, 0.25) is 0 Å². The molecule has 0 N–H and O–H groups in total. The molecule has 0 saturated heterocycles. The fraction of sp³-hybridized carbons (Fsp3) is 0.278. The summed E-state index contributed by atoms with van der Waals surface area (Å²) in [4.78, 5) is 11.9. The molecule has 0 radical (unpaired) electrons. The first-order valence-corrected chi connectivity index (χ1v) is 9.93. The number of carbonyl (C=O) groups is 1. The Hall–Kier alpha value is -2.06.